The lowest BCUT2D eigenvalue weighted by molar-refractivity contribution is -0.401. The zero-order valence-electron chi connectivity index (χ0n) is 11.0. The number of nitrogens with one attached hydrogen (secondary N) is 1. The molecule has 0 unspecified atom stereocenters. The fraction of sp³-hybridized carbons (Fsp3) is 0.182. The molecule has 10 heteroatoms. The van der Waals surface area contributed by atoms with Gasteiger partial charge in [-0.1, -0.05) is 0 Å². The molecule has 0 atom stereocenters. The SMILES string of the molecule is CC(=O)NN(C(C)=O)c1nc(-c2ccc([N+](=O)[O-])o2)cs1. The van der Waals surface area contributed by atoms with Crippen LogP contribution >= 0.6 is 11.3 Å². The molecule has 9 nitrogen and oxygen atoms in total. The lowest BCUT2D eigenvalue weighted by Crippen LogP contribution is -2.44. The van der Waals surface area contributed by atoms with E-state index < -0.39 is 22.6 Å². The predicted octanol–water partition coefficient (Wildman–Crippen LogP) is 1.72. The van der Waals surface area contributed by atoms with Crippen LogP contribution in [0.5, 0.6) is 0 Å². The van der Waals surface area contributed by atoms with Crippen LogP contribution in [-0.2, 0) is 9.59 Å². The number of anilines is 1. The summed E-state index contributed by atoms with van der Waals surface area (Å²) in [7, 11) is 0. The molecule has 1 N–H and O–H groups in total. The Kier molecular flexibility index (Phi) is 3.98. The maximum atomic E-state index is 11.5. The number of carbonyl (C=O) groups excluding carboxylic acids is 2. The second-order valence-electron chi connectivity index (χ2n) is 3.93. The van der Waals surface area contributed by atoms with Crippen LogP contribution in [0.25, 0.3) is 11.5 Å². The Morgan fingerprint density at radius 3 is 2.67 bits per heavy atom. The lowest BCUT2D eigenvalue weighted by atomic mass is 10.4. The fourth-order valence-electron chi connectivity index (χ4n) is 1.46. The molecule has 110 valence electrons. The van der Waals surface area contributed by atoms with Gasteiger partial charge in [-0.05, 0) is 6.07 Å². The zero-order chi connectivity index (χ0) is 15.6. The maximum Gasteiger partial charge on any atom is 0.433 e. The molecule has 0 saturated heterocycles. The molecule has 2 amide bonds. The number of nitro groups is 1. The average molecular weight is 310 g/mol. The summed E-state index contributed by atoms with van der Waals surface area (Å²) in [5.74, 6) is -1.03. The third-order valence-electron chi connectivity index (χ3n) is 2.29. The average Bonchev–Trinajstić information content (AvgIpc) is 3.03. The summed E-state index contributed by atoms with van der Waals surface area (Å²) in [6, 6.07) is 2.62. The molecule has 0 radical (unpaired) electrons. The first-order valence-electron chi connectivity index (χ1n) is 5.66. The Morgan fingerprint density at radius 2 is 2.14 bits per heavy atom. The van der Waals surface area contributed by atoms with E-state index in [9.17, 15) is 19.7 Å². The van der Waals surface area contributed by atoms with Crippen LogP contribution < -0.4 is 10.4 Å². The maximum absolute atomic E-state index is 11.5. The lowest BCUT2D eigenvalue weighted by Gasteiger charge is -2.17. The van der Waals surface area contributed by atoms with Gasteiger partial charge >= 0.3 is 5.88 Å². The second kappa shape index (κ2) is 5.71. The minimum atomic E-state index is -0.657. The molecular formula is C11H10N4O5S. The molecule has 0 aliphatic carbocycles. The molecular weight excluding hydrogens is 300 g/mol. The third-order valence-corrected chi connectivity index (χ3v) is 3.12. The van der Waals surface area contributed by atoms with Gasteiger partial charge in [0.05, 0.1) is 6.07 Å². The van der Waals surface area contributed by atoms with Gasteiger partial charge in [-0.3, -0.25) is 25.1 Å². The summed E-state index contributed by atoms with van der Waals surface area (Å²) in [5, 5.41) is 13.4. The highest BCUT2D eigenvalue weighted by Crippen LogP contribution is 2.30. The number of hydrogen-bond acceptors (Lipinski definition) is 7. The van der Waals surface area contributed by atoms with Crippen molar-refractivity contribution in [2.45, 2.75) is 13.8 Å². The monoisotopic (exact) mass is 310 g/mol. The third kappa shape index (κ3) is 3.23. The molecule has 0 aliphatic heterocycles. The van der Waals surface area contributed by atoms with E-state index in [4.69, 9.17) is 4.42 Å². The van der Waals surface area contributed by atoms with Gasteiger partial charge in [0.2, 0.25) is 16.9 Å². The van der Waals surface area contributed by atoms with Crippen molar-refractivity contribution in [3.63, 3.8) is 0 Å². The van der Waals surface area contributed by atoms with Gasteiger partial charge in [-0.15, -0.1) is 11.3 Å². The standard InChI is InChI=1S/C11H10N4O5S/c1-6(16)13-14(7(2)17)11-12-8(5-21-11)9-3-4-10(20-9)15(18)19/h3-5H,1-2H3,(H,13,16). The van der Waals surface area contributed by atoms with Crippen molar-refractivity contribution in [2.75, 3.05) is 5.01 Å². The highest BCUT2D eigenvalue weighted by Gasteiger charge is 2.20. The number of amides is 2. The summed E-state index contributed by atoms with van der Waals surface area (Å²) in [5.41, 5.74) is 2.67. The molecule has 2 rings (SSSR count). The van der Waals surface area contributed by atoms with Gasteiger partial charge in [0.25, 0.3) is 0 Å². The van der Waals surface area contributed by atoms with Gasteiger partial charge < -0.3 is 4.42 Å². The molecule has 2 aromatic rings. The highest BCUT2D eigenvalue weighted by molar-refractivity contribution is 7.14. The molecule has 0 saturated carbocycles. The molecule has 2 aromatic heterocycles. The molecule has 0 spiro atoms. The number of rotatable bonds is 3. The van der Waals surface area contributed by atoms with Gasteiger partial charge in [-0.2, -0.15) is 5.01 Å². The van der Waals surface area contributed by atoms with Crippen LogP contribution in [0, 0.1) is 10.1 Å². The van der Waals surface area contributed by atoms with Gasteiger partial charge in [0.15, 0.2) is 5.76 Å². The summed E-state index contributed by atoms with van der Waals surface area (Å²) in [4.78, 5) is 36.6. The number of nitrogens with zero attached hydrogens (tertiary/aromatic N) is 3. The van der Waals surface area contributed by atoms with Gasteiger partial charge in [-0.25, -0.2) is 4.98 Å². The molecule has 0 aromatic carbocycles. The van der Waals surface area contributed by atoms with Crippen molar-refractivity contribution < 1.29 is 18.9 Å². The van der Waals surface area contributed by atoms with Crippen molar-refractivity contribution in [3.8, 4) is 11.5 Å². The molecule has 0 aliphatic rings. The van der Waals surface area contributed by atoms with Crippen LogP contribution in [0.1, 0.15) is 13.8 Å². The minimum absolute atomic E-state index is 0.204. The van der Waals surface area contributed by atoms with E-state index in [1.54, 1.807) is 5.38 Å². The van der Waals surface area contributed by atoms with E-state index in [0.717, 1.165) is 16.3 Å². The van der Waals surface area contributed by atoms with Crippen LogP contribution in [-0.4, -0.2) is 21.7 Å². The number of carbonyl (C=O) groups is 2. The Labute approximate surface area is 122 Å². The number of thiazole rings is 1. The van der Waals surface area contributed by atoms with Crippen LogP contribution in [0.15, 0.2) is 21.9 Å². The van der Waals surface area contributed by atoms with E-state index in [-0.39, 0.29) is 10.9 Å². The number of hydrazine groups is 1. The second-order valence-corrected chi connectivity index (χ2v) is 4.77. The Bertz CT molecular complexity index is 707. The smallest absolute Gasteiger partial charge is 0.399 e. The number of furan rings is 1. The van der Waals surface area contributed by atoms with Crippen LogP contribution in [0.2, 0.25) is 0 Å². The van der Waals surface area contributed by atoms with Crippen molar-refractivity contribution >= 4 is 34.2 Å². The number of aromatic nitrogens is 1. The number of hydrogen-bond donors (Lipinski definition) is 1. The largest absolute Gasteiger partial charge is 0.433 e. The molecule has 0 bridgehead atoms. The van der Waals surface area contributed by atoms with Crippen LogP contribution in [0.4, 0.5) is 11.0 Å². The fourth-order valence-corrected chi connectivity index (χ4v) is 2.28. The van der Waals surface area contributed by atoms with Crippen molar-refractivity contribution in [1.29, 1.82) is 0 Å². The zero-order valence-corrected chi connectivity index (χ0v) is 11.8. The van der Waals surface area contributed by atoms with E-state index >= 15 is 0 Å². The van der Waals surface area contributed by atoms with Crippen LogP contribution in [0.3, 0.4) is 0 Å². The minimum Gasteiger partial charge on any atom is -0.399 e. The first kappa shape index (κ1) is 14.7. The first-order valence-corrected chi connectivity index (χ1v) is 6.54. The van der Waals surface area contributed by atoms with Gasteiger partial charge in [0, 0.05) is 19.2 Å². The van der Waals surface area contributed by atoms with E-state index in [2.05, 4.69) is 10.4 Å². The predicted molar refractivity (Wildman–Crippen MR) is 73.4 cm³/mol. The quantitative estimate of drug-likeness (QED) is 0.681. The molecule has 2 heterocycles. The topological polar surface area (TPSA) is 119 Å². The van der Waals surface area contributed by atoms with E-state index in [1.807, 2.05) is 0 Å². The van der Waals surface area contributed by atoms with Crippen molar-refractivity contribution in [1.82, 2.24) is 10.4 Å². The summed E-state index contributed by atoms with van der Waals surface area (Å²) >= 11 is 1.09. The first-order chi connectivity index (χ1) is 9.88. The van der Waals surface area contributed by atoms with Crippen molar-refractivity contribution in [3.05, 3.63) is 27.6 Å². The van der Waals surface area contributed by atoms with E-state index in [0.29, 0.717) is 5.69 Å². The summed E-state index contributed by atoms with van der Waals surface area (Å²) in [6.45, 7) is 2.54. The van der Waals surface area contributed by atoms with E-state index in [1.165, 1.54) is 26.0 Å². The van der Waals surface area contributed by atoms with Crippen molar-refractivity contribution in [2.24, 2.45) is 0 Å². The molecule has 0 fully saturated rings. The Balaban J connectivity index is 2.29. The summed E-state index contributed by atoms with van der Waals surface area (Å²) in [6.07, 6.45) is 0. The molecule has 21 heavy (non-hydrogen) atoms. The highest BCUT2D eigenvalue weighted by atomic mass is 32.1. The summed E-state index contributed by atoms with van der Waals surface area (Å²) < 4.78 is 5.02. The Morgan fingerprint density at radius 1 is 1.43 bits per heavy atom. The van der Waals surface area contributed by atoms with Gasteiger partial charge in [0.1, 0.15) is 10.6 Å². The Hall–Kier alpha value is -2.75. The normalized spacial score (nSPS) is 10.2.